The summed E-state index contributed by atoms with van der Waals surface area (Å²) in [4.78, 5) is 11.8. The Kier molecular flexibility index (Phi) is 4.47. The van der Waals surface area contributed by atoms with Crippen LogP contribution in [0.2, 0.25) is 5.02 Å². The topological polar surface area (TPSA) is 120 Å². The lowest BCUT2D eigenvalue weighted by Crippen LogP contribution is -2.18. The number of nitro groups is 1. The van der Waals surface area contributed by atoms with Crippen LogP contribution in [0.15, 0.2) is 46.4 Å². The largest absolute Gasteiger partial charge is 0.454 e. The number of benzene rings is 2. The van der Waals surface area contributed by atoms with Gasteiger partial charge in [-0.3, -0.25) is 10.1 Å². The van der Waals surface area contributed by atoms with Crippen molar-refractivity contribution in [1.82, 2.24) is 4.83 Å². The van der Waals surface area contributed by atoms with Crippen molar-refractivity contribution in [1.29, 1.82) is 0 Å². The Balaban J connectivity index is 1.76. The van der Waals surface area contributed by atoms with E-state index in [0.717, 1.165) is 24.3 Å². The van der Waals surface area contributed by atoms with Gasteiger partial charge >= 0.3 is 0 Å². The van der Waals surface area contributed by atoms with Crippen LogP contribution in [0.5, 0.6) is 11.5 Å². The van der Waals surface area contributed by atoms with Gasteiger partial charge in [-0.2, -0.15) is 13.5 Å². The molecule has 9 nitrogen and oxygen atoms in total. The highest BCUT2D eigenvalue weighted by Gasteiger charge is 2.17. The molecule has 2 aromatic carbocycles. The van der Waals surface area contributed by atoms with Gasteiger partial charge in [0.15, 0.2) is 11.5 Å². The van der Waals surface area contributed by atoms with E-state index >= 15 is 0 Å². The summed E-state index contributed by atoms with van der Waals surface area (Å²) in [5.74, 6) is 0.970. The zero-order valence-electron chi connectivity index (χ0n) is 12.4. The predicted molar refractivity (Wildman–Crippen MR) is 88.6 cm³/mol. The summed E-state index contributed by atoms with van der Waals surface area (Å²) in [6.07, 6.45) is 1.22. The number of hydrogen-bond donors (Lipinski definition) is 1. The fraction of sp³-hybridized carbons (Fsp3) is 0.0714. The molecule has 25 heavy (non-hydrogen) atoms. The van der Waals surface area contributed by atoms with Crippen LogP contribution in [0.4, 0.5) is 5.69 Å². The third-order valence-electron chi connectivity index (χ3n) is 3.23. The summed E-state index contributed by atoms with van der Waals surface area (Å²) >= 11 is 6.05. The van der Waals surface area contributed by atoms with Crippen LogP contribution in [0.25, 0.3) is 0 Å². The van der Waals surface area contributed by atoms with E-state index in [1.54, 1.807) is 6.07 Å². The van der Waals surface area contributed by atoms with Crippen LogP contribution in [0.1, 0.15) is 5.56 Å². The van der Waals surface area contributed by atoms with Crippen LogP contribution in [-0.4, -0.2) is 26.3 Å². The molecule has 0 unspecified atom stereocenters. The molecule has 0 atom stereocenters. The molecule has 1 heterocycles. The number of hydrogen-bond acceptors (Lipinski definition) is 7. The molecule has 0 bridgehead atoms. The number of ether oxygens (including phenoxy) is 2. The van der Waals surface area contributed by atoms with Crippen molar-refractivity contribution in [3.8, 4) is 11.5 Å². The van der Waals surface area contributed by atoms with Crippen LogP contribution >= 0.6 is 11.6 Å². The second-order valence-electron chi connectivity index (χ2n) is 4.83. The van der Waals surface area contributed by atoms with Gasteiger partial charge in [-0.05, 0) is 18.2 Å². The van der Waals surface area contributed by atoms with Gasteiger partial charge in [0.25, 0.3) is 15.7 Å². The molecular formula is C14H10ClN3O6S. The molecule has 11 heteroatoms. The van der Waals surface area contributed by atoms with E-state index in [1.165, 1.54) is 12.3 Å². The highest BCUT2D eigenvalue weighted by Crippen LogP contribution is 2.36. The van der Waals surface area contributed by atoms with Crippen LogP contribution in [0, 0.1) is 10.1 Å². The Labute approximate surface area is 147 Å². The standard InChI is InChI=1S/C14H10ClN3O6S/c15-12-6-14-13(23-8-24-14)5-9(12)7-16-17-25(21,22)11-3-1-10(2-4-11)18(19)20/h1-7,17H,8H2. The first-order valence-electron chi connectivity index (χ1n) is 6.75. The second kappa shape index (κ2) is 6.57. The van der Waals surface area contributed by atoms with Crippen molar-refractivity contribution < 1.29 is 22.8 Å². The van der Waals surface area contributed by atoms with Gasteiger partial charge in [0.2, 0.25) is 6.79 Å². The molecule has 0 saturated carbocycles. The molecule has 0 fully saturated rings. The first-order chi connectivity index (χ1) is 11.9. The van der Waals surface area contributed by atoms with Crippen molar-refractivity contribution in [2.45, 2.75) is 4.90 Å². The molecule has 0 amide bonds. The normalized spacial score (nSPS) is 13.2. The minimum atomic E-state index is -3.97. The molecule has 130 valence electrons. The zero-order chi connectivity index (χ0) is 18.0. The van der Waals surface area contributed by atoms with E-state index in [1.807, 2.05) is 4.83 Å². The number of hydrazone groups is 1. The number of non-ortho nitro benzene ring substituents is 1. The highest BCUT2D eigenvalue weighted by molar-refractivity contribution is 7.89. The molecule has 1 N–H and O–H groups in total. The summed E-state index contributed by atoms with van der Waals surface area (Å²) in [7, 11) is -3.97. The van der Waals surface area contributed by atoms with Crippen LogP contribution < -0.4 is 14.3 Å². The molecule has 1 aliphatic heterocycles. The summed E-state index contributed by atoms with van der Waals surface area (Å²) in [5, 5.41) is 14.6. The maximum Gasteiger partial charge on any atom is 0.276 e. The highest BCUT2D eigenvalue weighted by atomic mass is 35.5. The molecule has 1 aliphatic rings. The van der Waals surface area contributed by atoms with Crippen molar-refractivity contribution in [3.05, 3.63) is 57.1 Å². The Bertz CT molecular complexity index is 959. The van der Waals surface area contributed by atoms with Crippen molar-refractivity contribution >= 4 is 33.5 Å². The summed E-state index contributed by atoms with van der Waals surface area (Å²) in [5.41, 5.74) is 0.215. The fourth-order valence-corrected chi connectivity index (χ4v) is 2.99. The number of rotatable bonds is 5. The SMILES string of the molecule is O=[N+]([O-])c1ccc(S(=O)(=O)NN=Cc2cc3c(cc2Cl)OCO3)cc1. The number of sulfonamides is 1. The molecule has 0 spiro atoms. The third kappa shape index (κ3) is 3.64. The van der Waals surface area contributed by atoms with Gasteiger partial charge in [0.1, 0.15) is 0 Å². The van der Waals surface area contributed by atoms with Gasteiger partial charge in [-0.15, -0.1) is 0 Å². The number of nitro benzene ring substituents is 1. The van der Waals surface area contributed by atoms with E-state index in [9.17, 15) is 18.5 Å². The molecule has 2 aromatic rings. The van der Waals surface area contributed by atoms with Gasteiger partial charge in [-0.1, -0.05) is 11.6 Å². The fourth-order valence-electron chi connectivity index (χ4n) is 2.00. The van der Waals surface area contributed by atoms with Gasteiger partial charge < -0.3 is 9.47 Å². The first-order valence-corrected chi connectivity index (χ1v) is 8.61. The maximum atomic E-state index is 12.1. The molecule has 0 aliphatic carbocycles. The minimum Gasteiger partial charge on any atom is -0.454 e. The lowest BCUT2D eigenvalue weighted by molar-refractivity contribution is -0.384. The Morgan fingerprint density at radius 3 is 2.48 bits per heavy atom. The molecule has 0 radical (unpaired) electrons. The summed E-state index contributed by atoms with van der Waals surface area (Å²) in [6, 6.07) is 7.51. The minimum absolute atomic E-state index is 0.0824. The average Bonchev–Trinajstić information content (AvgIpc) is 3.02. The Morgan fingerprint density at radius 2 is 1.84 bits per heavy atom. The number of fused-ring (bicyclic) bond motifs is 1. The maximum absolute atomic E-state index is 12.1. The average molecular weight is 384 g/mol. The Morgan fingerprint density at radius 1 is 1.20 bits per heavy atom. The smallest absolute Gasteiger partial charge is 0.276 e. The number of halogens is 1. The second-order valence-corrected chi connectivity index (χ2v) is 6.90. The number of nitrogens with one attached hydrogen (secondary N) is 1. The predicted octanol–water partition coefficient (Wildman–Crippen LogP) is 2.29. The van der Waals surface area contributed by atoms with E-state index in [-0.39, 0.29) is 17.4 Å². The molecular weight excluding hydrogens is 374 g/mol. The van der Waals surface area contributed by atoms with Gasteiger partial charge in [0.05, 0.1) is 21.1 Å². The number of nitrogens with zero attached hydrogens (tertiary/aromatic N) is 2. The Hall–Kier alpha value is -2.85. The molecule has 0 saturated heterocycles. The quantitative estimate of drug-likeness (QED) is 0.480. The molecule has 3 rings (SSSR count). The molecule has 0 aromatic heterocycles. The summed E-state index contributed by atoms with van der Waals surface area (Å²) in [6.45, 7) is 0.0824. The van der Waals surface area contributed by atoms with E-state index in [2.05, 4.69) is 5.10 Å². The van der Waals surface area contributed by atoms with Gasteiger partial charge in [-0.25, -0.2) is 4.83 Å². The van der Waals surface area contributed by atoms with E-state index in [4.69, 9.17) is 21.1 Å². The monoisotopic (exact) mass is 383 g/mol. The lowest BCUT2D eigenvalue weighted by atomic mass is 10.2. The first kappa shape index (κ1) is 17.0. The van der Waals surface area contributed by atoms with Crippen molar-refractivity contribution in [2.24, 2.45) is 5.10 Å². The van der Waals surface area contributed by atoms with E-state index in [0.29, 0.717) is 22.1 Å². The van der Waals surface area contributed by atoms with Crippen molar-refractivity contribution in [3.63, 3.8) is 0 Å². The lowest BCUT2D eigenvalue weighted by Gasteiger charge is -2.04. The van der Waals surface area contributed by atoms with Crippen LogP contribution in [0.3, 0.4) is 0 Å². The van der Waals surface area contributed by atoms with Crippen molar-refractivity contribution in [2.75, 3.05) is 6.79 Å². The third-order valence-corrected chi connectivity index (χ3v) is 4.79. The zero-order valence-corrected chi connectivity index (χ0v) is 14.0. The summed E-state index contributed by atoms with van der Waals surface area (Å²) < 4.78 is 34.6. The van der Waals surface area contributed by atoms with E-state index < -0.39 is 14.9 Å². The van der Waals surface area contributed by atoms with Gasteiger partial charge in [0, 0.05) is 23.8 Å². The van der Waals surface area contributed by atoms with Crippen LogP contribution in [-0.2, 0) is 10.0 Å².